The number of fused-ring (bicyclic) bond motifs is 1. The average Bonchev–Trinajstić information content (AvgIpc) is 2.95. The molecule has 1 aromatic heterocycles. The highest BCUT2D eigenvalue weighted by atomic mass is 79.9. The van der Waals surface area contributed by atoms with Crippen LogP contribution >= 0.6 is 15.9 Å². The maximum absolute atomic E-state index is 12.9. The quantitative estimate of drug-likeness (QED) is 0.619. The van der Waals surface area contributed by atoms with Crippen molar-refractivity contribution in [3.05, 3.63) is 40.5 Å². The molecule has 3 aromatic rings. The molecule has 1 N–H and O–H groups in total. The number of nitrogens with zero attached hydrogens (tertiary/aromatic N) is 1. The number of aromatic nitrogens is 1. The zero-order valence-corrected chi connectivity index (χ0v) is 16.8. The highest BCUT2D eigenvalue weighted by Crippen LogP contribution is 2.35. The summed E-state index contributed by atoms with van der Waals surface area (Å²) < 4.78 is 45.0. The minimum absolute atomic E-state index is 0.0129. The van der Waals surface area contributed by atoms with E-state index in [-0.39, 0.29) is 10.6 Å². The molecular weight excluding hydrogens is 424 g/mol. The third-order valence-electron chi connectivity index (χ3n) is 3.71. The monoisotopic (exact) mass is 440 g/mol. The van der Waals surface area contributed by atoms with E-state index < -0.39 is 10.0 Å². The Labute approximate surface area is 159 Å². The molecular formula is C17H17BrN2O5S. The number of halogens is 1. The molecule has 138 valence electrons. The molecule has 26 heavy (non-hydrogen) atoms. The summed E-state index contributed by atoms with van der Waals surface area (Å²) in [7, 11) is -2.50. The van der Waals surface area contributed by atoms with Gasteiger partial charge in [-0.15, -0.1) is 0 Å². The van der Waals surface area contributed by atoms with Gasteiger partial charge in [0.05, 0.1) is 25.1 Å². The molecule has 0 fully saturated rings. The van der Waals surface area contributed by atoms with Gasteiger partial charge in [-0.3, -0.25) is 4.72 Å². The van der Waals surface area contributed by atoms with Gasteiger partial charge in [0.1, 0.15) is 16.4 Å². The first-order valence-corrected chi connectivity index (χ1v) is 10.0. The number of nitrogens with one attached hydrogen (secondary N) is 1. The molecule has 0 spiro atoms. The number of anilines is 1. The summed E-state index contributed by atoms with van der Waals surface area (Å²) in [6, 6.07) is 8.03. The largest absolute Gasteiger partial charge is 0.495 e. The van der Waals surface area contributed by atoms with Crippen LogP contribution in [0.15, 0.2) is 44.2 Å². The highest BCUT2D eigenvalue weighted by Gasteiger charge is 2.23. The molecule has 0 aliphatic carbocycles. The minimum atomic E-state index is -3.92. The Balaban J connectivity index is 2.11. The molecule has 0 radical (unpaired) electrons. The van der Waals surface area contributed by atoms with Crippen molar-refractivity contribution in [1.29, 1.82) is 0 Å². The van der Waals surface area contributed by atoms with Crippen molar-refractivity contribution < 1.29 is 22.4 Å². The van der Waals surface area contributed by atoms with Crippen LogP contribution < -0.4 is 14.2 Å². The van der Waals surface area contributed by atoms with Crippen molar-refractivity contribution in [1.82, 2.24) is 5.16 Å². The Hall–Kier alpha value is -2.26. The summed E-state index contributed by atoms with van der Waals surface area (Å²) in [6.45, 7) is 3.96. The fraction of sp³-hybridized carbons (Fsp3) is 0.235. The van der Waals surface area contributed by atoms with Crippen molar-refractivity contribution in [3.63, 3.8) is 0 Å². The lowest BCUT2D eigenvalue weighted by Gasteiger charge is -2.15. The molecule has 2 aromatic carbocycles. The summed E-state index contributed by atoms with van der Waals surface area (Å²) in [5.74, 6) is 0.592. The van der Waals surface area contributed by atoms with Crippen molar-refractivity contribution in [2.24, 2.45) is 0 Å². The minimum Gasteiger partial charge on any atom is -0.495 e. The van der Waals surface area contributed by atoms with E-state index in [9.17, 15) is 8.42 Å². The topological polar surface area (TPSA) is 90.7 Å². The summed E-state index contributed by atoms with van der Waals surface area (Å²) in [4.78, 5) is 0.0129. The second-order valence-corrected chi connectivity index (χ2v) is 8.01. The number of ether oxygens (including phenoxy) is 2. The van der Waals surface area contributed by atoms with E-state index in [1.54, 1.807) is 31.2 Å². The molecule has 0 bridgehead atoms. The van der Waals surface area contributed by atoms with E-state index in [0.29, 0.717) is 39.2 Å². The number of sulfonamides is 1. The van der Waals surface area contributed by atoms with E-state index in [2.05, 4.69) is 25.8 Å². The fourth-order valence-corrected chi connectivity index (χ4v) is 4.27. The van der Waals surface area contributed by atoms with Crippen LogP contribution in [0.2, 0.25) is 0 Å². The van der Waals surface area contributed by atoms with Crippen molar-refractivity contribution in [2.75, 3.05) is 18.4 Å². The summed E-state index contributed by atoms with van der Waals surface area (Å²) in [6.07, 6.45) is 0. The zero-order valence-electron chi connectivity index (χ0n) is 14.4. The van der Waals surface area contributed by atoms with E-state index in [1.807, 2.05) is 6.92 Å². The van der Waals surface area contributed by atoms with Crippen molar-refractivity contribution in [2.45, 2.75) is 18.7 Å². The molecule has 1 heterocycles. The Morgan fingerprint density at radius 3 is 2.69 bits per heavy atom. The lowest BCUT2D eigenvalue weighted by atomic mass is 10.2. The summed E-state index contributed by atoms with van der Waals surface area (Å²) >= 11 is 3.29. The first kappa shape index (κ1) is 18.5. The van der Waals surface area contributed by atoms with E-state index in [4.69, 9.17) is 14.0 Å². The highest BCUT2D eigenvalue weighted by molar-refractivity contribution is 9.10. The lowest BCUT2D eigenvalue weighted by molar-refractivity contribution is 0.341. The maximum Gasteiger partial charge on any atom is 0.265 e. The number of benzene rings is 2. The zero-order chi connectivity index (χ0) is 18.9. The van der Waals surface area contributed by atoms with Gasteiger partial charge in [-0.1, -0.05) is 21.1 Å². The van der Waals surface area contributed by atoms with Gasteiger partial charge < -0.3 is 14.0 Å². The SMILES string of the molecule is CCOc1cc2onc(C)c2cc1NS(=O)(=O)c1cc(Br)ccc1OC. The number of rotatable bonds is 6. The first-order chi connectivity index (χ1) is 12.4. The predicted octanol–water partition coefficient (Wildman–Crippen LogP) is 4.11. The molecule has 0 unspecified atom stereocenters. The molecule has 0 saturated carbocycles. The van der Waals surface area contributed by atoms with Gasteiger partial charge in [0.15, 0.2) is 5.58 Å². The van der Waals surface area contributed by atoms with Crippen LogP contribution in [-0.2, 0) is 10.0 Å². The molecule has 0 amide bonds. The van der Waals surface area contributed by atoms with Gasteiger partial charge in [0, 0.05) is 15.9 Å². The van der Waals surface area contributed by atoms with Gasteiger partial charge in [-0.05, 0) is 38.1 Å². The van der Waals surface area contributed by atoms with E-state index >= 15 is 0 Å². The van der Waals surface area contributed by atoms with Crippen LogP contribution in [0.25, 0.3) is 11.0 Å². The van der Waals surface area contributed by atoms with Crippen LogP contribution in [-0.4, -0.2) is 27.3 Å². The predicted molar refractivity (Wildman–Crippen MR) is 101 cm³/mol. The first-order valence-electron chi connectivity index (χ1n) is 7.75. The molecule has 7 nitrogen and oxygen atoms in total. The Morgan fingerprint density at radius 1 is 1.23 bits per heavy atom. The van der Waals surface area contributed by atoms with Crippen molar-refractivity contribution in [3.8, 4) is 11.5 Å². The summed E-state index contributed by atoms with van der Waals surface area (Å²) in [5, 5.41) is 4.60. The second kappa shape index (κ2) is 7.16. The third kappa shape index (κ3) is 3.49. The molecule has 0 aliphatic heterocycles. The molecule has 9 heteroatoms. The van der Waals surface area contributed by atoms with Crippen LogP contribution in [0, 0.1) is 6.92 Å². The normalized spacial score (nSPS) is 11.5. The average molecular weight is 441 g/mol. The number of aryl methyl sites for hydroxylation is 1. The Morgan fingerprint density at radius 2 is 2.00 bits per heavy atom. The number of methoxy groups -OCH3 is 1. The van der Waals surface area contributed by atoms with Crippen LogP contribution in [0.5, 0.6) is 11.5 Å². The van der Waals surface area contributed by atoms with Crippen LogP contribution in [0.4, 0.5) is 5.69 Å². The standard InChI is InChI=1S/C17H17BrN2O5S/c1-4-24-16-9-15-12(10(2)19-25-15)8-13(16)20-26(21,22)17-7-11(18)5-6-14(17)23-3/h5-9,20H,4H2,1-3H3. The third-order valence-corrected chi connectivity index (χ3v) is 5.59. The molecule has 0 aliphatic rings. The smallest absolute Gasteiger partial charge is 0.265 e. The van der Waals surface area contributed by atoms with Gasteiger partial charge in [0.2, 0.25) is 0 Å². The molecule has 0 saturated heterocycles. The second-order valence-electron chi connectivity index (χ2n) is 5.45. The van der Waals surface area contributed by atoms with Gasteiger partial charge >= 0.3 is 0 Å². The van der Waals surface area contributed by atoms with Gasteiger partial charge in [-0.2, -0.15) is 0 Å². The fourth-order valence-electron chi connectivity index (χ4n) is 2.50. The number of hydrogen-bond acceptors (Lipinski definition) is 6. The van der Waals surface area contributed by atoms with Gasteiger partial charge in [0.25, 0.3) is 10.0 Å². The van der Waals surface area contributed by atoms with E-state index in [0.717, 1.165) is 0 Å². The molecule has 0 atom stereocenters. The van der Waals surface area contributed by atoms with E-state index in [1.165, 1.54) is 13.2 Å². The Kier molecular flexibility index (Phi) is 5.10. The number of hydrogen-bond donors (Lipinski definition) is 1. The lowest BCUT2D eigenvalue weighted by Crippen LogP contribution is -2.15. The van der Waals surface area contributed by atoms with Crippen LogP contribution in [0.1, 0.15) is 12.6 Å². The Bertz CT molecular complexity index is 1060. The summed E-state index contributed by atoms with van der Waals surface area (Å²) in [5.41, 5.74) is 1.48. The van der Waals surface area contributed by atoms with Gasteiger partial charge in [-0.25, -0.2) is 8.42 Å². The van der Waals surface area contributed by atoms with Crippen molar-refractivity contribution >= 4 is 42.6 Å². The van der Waals surface area contributed by atoms with Crippen LogP contribution in [0.3, 0.4) is 0 Å². The maximum atomic E-state index is 12.9. The molecule has 3 rings (SSSR count).